The van der Waals surface area contributed by atoms with Crippen molar-refractivity contribution in [2.24, 2.45) is 5.84 Å². The molecule has 2 aromatic carbocycles. The van der Waals surface area contributed by atoms with Crippen molar-refractivity contribution >= 4 is 11.6 Å². The van der Waals surface area contributed by atoms with Crippen LogP contribution in [0.15, 0.2) is 42.5 Å². The SMILES string of the molecule is COc1cc(Cl)ccc1C(NN)c1ccc(C)cc1. The van der Waals surface area contributed by atoms with Gasteiger partial charge in [-0.2, -0.15) is 0 Å². The van der Waals surface area contributed by atoms with E-state index in [4.69, 9.17) is 22.2 Å². The van der Waals surface area contributed by atoms with Crippen LogP contribution in [0, 0.1) is 6.92 Å². The van der Waals surface area contributed by atoms with E-state index in [1.807, 2.05) is 24.3 Å². The van der Waals surface area contributed by atoms with Crippen LogP contribution < -0.4 is 16.0 Å². The summed E-state index contributed by atoms with van der Waals surface area (Å²) in [6, 6.07) is 13.6. The Kier molecular flexibility index (Phi) is 4.43. The highest BCUT2D eigenvalue weighted by molar-refractivity contribution is 6.30. The lowest BCUT2D eigenvalue weighted by Crippen LogP contribution is -2.29. The molecule has 19 heavy (non-hydrogen) atoms. The molecule has 0 aliphatic carbocycles. The molecule has 0 spiro atoms. The topological polar surface area (TPSA) is 47.3 Å². The molecule has 100 valence electrons. The van der Waals surface area contributed by atoms with Crippen molar-refractivity contribution in [1.29, 1.82) is 0 Å². The summed E-state index contributed by atoms with van der Waals surface area (Å²) in [4.78, 5) is 0. The Bertz CT molecular complexity index is 555. The standard InChI is InChI=1S/C15H17ClN2O/c1-10-3-5-11(6-4-10)15(18-17)13-8-7-12(16)9-14(13)19-2/h3-9,15,18H,17H2,1-2H3. The second-order valence-electron chi connectivity index (χ2n) is 4.40. The first kappa shape index (κ1) is 13.9. The van der Waals surface area contributed by atoms with Gasteiger partial charge in [-0.1, -0.05) is 47.5 Å². The molecule has 3 nitrogen and oxygen atoms in total. The Morgan fingerprint density at radius 2 is 1.84 bits per heavy atom. The Hall–Kier alpha value is -1.55. The van der Waals surface area contributed by atoms with E-state index in [0.717, 1.165) is 16.9 Å². The minimum Gasteiger partial charge on any atom is -0.496 e. The van der Waals surface area contributed by atoms with Crippen molar-refractivity contribution in [3.8, 4) is 5.75 Å². The number of methoxy groups -OCH3 is 1. The van der Waals surface area contributed by atoms with E-state index in [-0.39, 0.29) is 6.04 Å². The molecule has 0 saturated carbocycles. The maximum Gasteiger partial charge on any atom is 0.125 e. The number of ether oxygens (including phenoxy) is 1. The van der Waals surface area contributed by atoms with Crippen molar-refractivity contribution in [3.05, 3.63) is 64.2 Å². The zero-order chi connectivity index (χ0) is 13.8. The van der Waals surface area contributed by atoms with Crippen LogP contribution in [-0.4, -0.2) is 7.11 Å². The largest absolute Gasteiger partial charge is 0.496 e. The lowest BCUT2D eigenvalue weighted by Gasteiger charge is -2.20. The van der Waals surface area contributed by atoms with Gasteiger partial charge in [0.2, 0.25) is 0 Å². The summed E-state index contributed by atoms with van der Waals surface area (Å²) in [5, 5.41) is 0.639. The highest BCUT2D eigenvalue weighted by atomic mass is 35.5. The Balaban J connectivity index is 2.44. The smallest absolute Gasteiger partial charge is 0.125 e. The van der Waals surface area contributed by atoms with E-state index < -0.39 is 0 Å². The van der Waals surface area contributed by atoms with Gasteiger partial charge >= 0.3 is 0 Å². The molecule has 1 unspecified atom stereocenters. The van der Waals surface area contributed by atoms with Crippen molar-refractivity contribution in [2.45, 2.75) is 13.0 Å². The number of nitrogens with one attached hydrogen (secondary N) is 1. The maximum atomic E-state index is 5.98. The molecule has 2 rings (SSSR count). The molecule has 0 saturated heterocycles. The van der Waals surface area contributed by atoms with Crippen molar-refractivity contribution in [3.63, 3.8) is 0 Å². The number of hydrazine groups is 1. The first-order chi connectivity index (χ1) is 9.15. The van der Waals surface area contributed by atoms with Crippen LogP contribution in [0.1, 0.15) is 22.7 Å². The molecule has 0 heterocycles. The second kappa shape index (κ2) is 6.06. The zero-order valence-corrected chi connectivity index (χ0v) is 11.7. The summed E-state index contributed by atoms with van der Waals surface area (Å²) in [5.74, 6) is 6.42. The molecule has 0 radical (unpaired) electrons. The van der Waals surface area contributed by atoms with E-state index in [1.54, 1.807) is 13.2 Å². The van der Waals surface area contributed by atoms with E-state index in [9.17, 15) is 0 Å². The van der Waals surface area contributed by atoms with Gasteiger partial charge in [0.25, 0.3) is 0 Å². The minimum absolute atomic E-state index is 0.132. The van der Waals surface area contributed by atoms with Crippen LogP contribution >= 0.6 is 11.6 Å². The van der Waals surface area contributed by atoms with Gasteiger partial charge in [0, 0.05) is 10.6 Å². The molecule has 4 heteroatoms. The number of aryl methyl sites for hydroxylation is 1. The Labute approximate surface area is 118 Å². The molecule has 2 aromatic rings. The molecule has 0 bridgehead atoms. The van der Waals surface area contributed by atoms with E-state index in [2.05, 4.69) is 24.5 Å². The zero-order valence-electron chi connectivity index (χ0n) is 11.0. The number of halogens is 1. The fraction of sp³-hybridized carbons (Fsp3) is 0.200. The molecule has 0 amide bonds. The number of hydrogen-bond acceptors (Lipinski definition) is 3. The molecule has 0 fully saturated rings. The monoisotopic (exact) mass is 276 g/mol. The normalized spacial score (nSPS) is 12.2. The second-order valence-corrected chi connectivity index (χ2v) is 4.83. The van der Waals surface area contributed by atoms with Gasteiger partial charge in [0.05, 0.1) is 13.2 Å². The van der Waals surface area contributed by atoms with Gasteiger partial charge in [0.1, 0.15) is 5.75 Å². The Morgan fingerprint density at radius 1 is 1.16 bits per heavy atom. The molecule has 3 N–H and O–H groups in total. The van der Waals surface area contributed by atoms with Crippen LogP contribution in [0.5, 0.6) is 5.75 Å². The van der Waals surface area contributed by atoms with Crippen molar-refractivity contribution < 1.29 is 4.74 Å². The highest BCUT2D eigenvalue weighted by Gasteiger charge is 2.17. The highest BCUT2D eigenvalue weighted by Crippen LogP contribution is 2.31. The summed E-state index contributed by atoms with van der Waals surface area (Å²) in [5.41, 5.74) is 6.07. The lowest BCUT2D eigenvalue weighted by atomic mass is 9.97. The van der Waals surface area contributed by atoms with E-state index in [1.165, 1.54) is 5.56 Å². The van der Waals surface area contributed by atoms with Crippen LogP contribution in [0.4, 0.5) is 0 Å². The molecule has 1 atom stereocenters. The maximum absolute atomic E-state index is 5.98. The van der Waals surface area contributed by atoms with Crippen LogP contribution in [0.3, 0.4) is 0 Å². The fourth-order valence-corrected chi connectivity index (χ4v) is 2.21. The van der Waals surface area contributed by atoms with Gasteiger partial charge in [-0.3, -0.25) is 5.84 Å². The average Bonchev–Trinajstić information content (AvgIpc) is 2.43. The predicted octanol–water partition coefficient (Wildman–Crippen LogP) is 3.21. The number of benzene rings is 2. The summed E-state index contributed by atoms with van der Waals surface area (Å²) >= 11 is 5.98. The first-order valence-corrected chi connectivity index (χ1v) is 6.39. The predicted molar refractivity (Wildman–Crippen MR) is 78.3 cm³/mol. The van der Waals surface area contributed by atoms with E-state index in [0.29, 0.717) is 5.02 Å². The van der Waals surface area contributed by atoms with Gasteiger partial charge in [0.15, 0.2) is 0 Å². The fourth-order valence-electron chi connectivity index (χ4n) is 2.05. The van der Waals surface area contributed by atoms with Crippen LogP contribution in [-0.2, 0) is 0 Å². The van der Waals surface area contributed by atoms with Crippen molar-refractivity contribution in [1.82, 2.24) is 5.43 Å². The van der Waals surface area contributed by atoms with Gasteiger partial charge in [-0.15, -0.1) is 0 Å². The van der Waals surface area contributed by atoms with Gasteiger partial charge in [-0.05, 0) is 24.6 Å². The third-order valence-corrected chi connectivity index (χ3v) is 3.32. The molecule has 0 aromatic heterocycles. The molecule has 0 aliphatic heterocycles. The number of nitrogens with two attached hydrogens (primary N) is 1. The quantitative estimate of drug-likeness (QED) is 0.666. The van der Waals surface area contributed by atoms with Crippen LogP contribution in [0.25, 0.3) is 0 Å². The van der Waals surface area contributed by atoms with Crippen molar-refractivity contribution in [2.75, 3.05) is 7.11 Å². The summed E-state index contributed by atoms with van der Waals surface area (Å²) in [6.07, 6.45) is 0. The van der Waals surface area contributed by atoms with Crippen LogP contribution in [0.2, 0.25) is 5.02 Å². The van der Waals surface area contributed by atoms with Gasteiger partial charge in [-0.25, -0.2) is 5.43 Å². The average molecular weight is 277 g/mol. The minimum atomic E-state index is -0.132. The lowest BCUT2D eigenvalue weighted by molar-refractivity contribution is 0.404. The number of rotatable bonds is 4. The number of hydrogen-bond donors (Lipinski definition) is 2. The molecule has 0 aliphatic rings. The third-order valence-electron chi connectivity index (χ3n) is 3.08. The summed E-state index contributed by atoms with van der Waals surface area (Å²) < 4.78 is 5.37. The summed E-state index contributed by atoms with van der Waals surface area (Å²) in [7, 11) is 1.62. The summed E-state index contributed by atoms with van der Waals surface area (Å²) in [6.45, 7) is 2.05. The third kappa shape index (κ3) is 3.07. The van der Waals surface area contributed by atoms with E-state index >= 15 is 0 Å². The Morgan fingerprint density at radius 3 is 2.42 bits per heavy atom. The first-order valence-electron chi connectivity index (χ1n) is 6.02. The molecular weight excluding hydrogens is 260 g/mol. The van der Waals surface area contributed by atoms with Gasteiger partial charge < -0.3 is 4.74 Å². The molecular formula is C15H17ClN2O.